The molecule has 0 atom stereocenters. The Kier molecular flexibility index (Phi) is 6.77. The van der Waals surface area contributed by atoms with Crippen molar-refractivity contribution in [3.8, 4) is 11.1 Å². The molecule has 2 rings (SSSR count). The van der Waals surface area contributed by atoms with Crippen LogP contribution < -0.4 is 5.32 Å². The van der Waals surface area contributed by atoms with Gasteiger partial charge in [0, 0.05) is 29.2 Å². The number of benzene rings is 2. The zero-order valence-electron chi connectivity index (χ0n) is 15.4. The lowest BCUT2D eigenvalue weighted by atomic mass is 9.98. The van der Waals surface area contributed by atoms with E-state index in [2.05, 4.69) is 5.32 Å². The third-order valence-electron chi connectivity index (χ3n) is 3.89. The second kappa shape index (κ2) is 8.83. The van der Waals surface area contributed by atoms with E-state index in [-0.39, 0.29) is 5.91 Å². The third kappa shape index (κ3) is 5.07. The monoisotopic (exact) mass is 374 g/mol. The number of halogens is 1. The molecule has 0 aliphatic carbocycles. The van der Waals surface area contributed by atoms with E-state index in [0.717, 1.165) is 17.7 Å². The summed E-state index contributed by atoms with van der Waals surface area (Å²) in [6.45, 7) is 3.19. The number of carbonyl (C=O) groups is 2. The molecule has 0 saturated heterocycles. The molecule has 0 saturated carbocycles. The Hall–Kier alpha value is -2.37. The zero-order valence-corrected chi connectivity index (χ0v) is 16.2. The number of hydrogen-bond acceptors (Lipinski definition) is 4. The molecule has 0 spiro atoms. The van der Waals surface area contributed by atoms with Crippen molar-refractivity contribution in [2.75, 3.05) is 34.3 Å². The van der Waals surface area contributed by atoms with Crippen LogP contribution in [0.1, 0.15) is 26.3 Å². The van der Waals surface area contributed by atoms with Crippen LogP contribution in [0.2, 0.25) is 5.02 Å². The summed E-state index contributed by atoms with van der Waals surface area (Å²) in [4.78, 5) is 26.5. The molecule has 5 nitrogen and oxygen atoms in total. The maximum atomic E-state index is 12.5. The maximum Gasteiger partial charge on any atom is 0.337 e. The van der Waals surface area contributed by atoms with Gasteiger partial charge in [0.15, 0.2) is 0 Å². The second-order valence-electron chi connectivity index (χ2n) is 6.33. The molecule has 26 heavy (non-hydrogen) atoms. The van der Waals surface area contributed by atoms with E-state index in [4.69, 9.17) is 16.3 Å². The Morgan fingerprint density at radius 1 is 1.12 bits per heavy atom. The van der Waals surface area contributed by atoms with Crippen LogP contribution >= 0.6 is 11.6 Å². The van der Waals surface area contributed by atoms with Crippen LogP contribution in [0.3, 0.4) is 0 Å². The van der Waals surface area contributed by atoms with Crippen LogP contribution in [0.15, 0.2) is 36.4 Å². The van der Waals surface area contributed by atoms with Crippen molar-refractivity contribution in [2.24, 2.45) is 0 Å². The van der Waals surface area contributed by atoms with Gasteiger partial charge in [-0.2, -0.15) is 0 Å². The summed E-state index contributed by atoms with van der Waals surface area (Å²) in [6.07, 6.45) is 0. The lowest BCUT2D eigenvalue weighted by molar-refractivity contribution is 0.0601. The first-order valence-electron chi connectivity index (χ1n) is 8.24. The van der Waals surface area contributed by atoms with Crippen molar-refractivity contribution >= 4 is 23.5 Å². The number of carbonyl (C=O) groups excluding carboxylic acids is 2. The van der Waals surface area contributed by atoms with Gasteiger partial charge < -0.3 is 15.0 Å². The molecule has 0 aliphatic rings. The summed E-state index contributed by atoms with van der Waals surface area (Å²) < 4.78 is 4.82. The lowest BCUT2D eigenvalue weighted by Crippen LogP contribution is -2.31. The van der Waals surface area contributed by atoms with E-state index in [9.17, 15) is 9.59 Å². The normalized spacial score (nSPS) is 10.7. The number of methoxy groups -OCH3 is 1. The van der Waals surface area contributed by atoms with Gasteiger partial charge in [0.05, 0.1) is 12.7 Å². The number of ether oxygens (including phenoxy) is 1. The number of amides is 1. The van der Waals surface area contributed by atoms with Crippen LogP contribution in [-0.4, -0.2) is 51.1 Å². The number of nitrogens with one attached hydrogen (secondary N) is 1. The fourth-order valence-electron chi connectivity index (χ4n) is 2.51. The summed E-state index contributed by atoms with van der Waals surface area (Å²) in [7, 11) is 5.18. The molecule has 2 aromatic rings. The smallest absolute Gasteiger partial charge is 0.337 e. The summed E-state index contributed by atoms with van der Waals surface area (Å²) in [5, 5.41) is 3.41. The number of nitrogens with zero attached hydrogens (tertiary/aromatic N) is 1. The van der Waals surface area contributed by atoms with E-state index < -0.39 is 5.97 Å². The minimum atomic E-state index is -0.502. The molecule has 0 heterocycles. The Bertz CT molecular complexity index is 819. The fourth-order valence-corrected chi connectivity index (χ4v) is 2.73. The number of hydrogen-bond donors (Lipinski definition) is 1. The Morgan fingerprint density at radius 3 is 2.46 bits per heavy atom. The van der Waals surface area contributed by atoms with E-state index in [0.29, 0.717) is 28.3 Å². The molecule has 2 aromatic carbocycles. The Morgan fingerprint density at radius 2 is 1.81 bits per heavy atom. The van der Waals surface area contributed by atoms with Crippen molar-refractivity contribution in [1.82, 2.24) is 10.2 Å². The highest BCUT2D eigenvalue weighted by atomic mass is 35.5. The van der Waals surface area contributed by atoms with Gasteiger partial charge in [-0.3, -0.25) is 4.79 Å². The van der Waals surface area contributed by atoms with Crippen LogP contribution in [0, 0.1) is 6.92 Å². The topological polar surface area (TPSA) is 58.6 Å². The molecule has 0 aliphatic heterocycles. The number of aryl methyl sites for hydroxylation is 1. The average molecular weight is 375 g/mol. The van der Waals surface area contributed by atoms with Gasteiger partial charge in [-0.05, 0) is 56.9 Å². The highest BCUT2D eigenvalue weighted by Gasteiger charge is 2.15. The quantitative estimate of drug-likeness (QED) is 0.787. The maximum absolute atomic E-state index is 12.5. The van der Waals surface area contributed by atoms with Crippen molar-refractivity contribution in [2.45, 2.75) is 6.92 Å². The van der Waals surface area contributed by atoms with Crippen LogP contribution in [0.25, 0.3) is 11.1 Å². The highest BCUT2D eigenvalue weighted by molar-refractivity contribution is 6.33. The molecular formula is C20H23ClN2O3. The SMILES string of the molecule is COC(=O)c1cc(C(=O)NCCN(C)C)cc(-c2cc(C)ccc2Cl)c1. The largest absolute Gasteiger partial charge is 0.465 e. The molecule has 138 valence electrons. The van der Waals surface area contributed by atoms with E-state index in [1.54, 1.807) is 18.2 Å². The first-order chi connectivity index (χ1) is 12.3. The van der Waals surface area contributed by atoms with Crippen LogP contribution in [0.5, 0.6) is 0 Å². The molecule has 0 unspecified atom stereocenters. The zero-order chi connectivity index (χ0) is 19.3. The van der Waals surface area contributed by atoms with Gasteiger partial charge in [-0.1, -0.05) is 23.2 Å². The van der Waals surface area contributed by atoms with Gasteiger partial charge in [-0.25, -0.2) is 4.79 Å². The molecular weight excluding hydrogens is 352 g/mol. The first-order valence-corrected chi connectivity index (χ1v) is 8.62. The summed E-state index contributed by atoms with van der Waals surface area (Å²) in [5.41, 5.74) is 3.18. The number of esters is 1. The van der Waals surface area contributed by atoms with E-state index in [1.807, 2.05) is 38.1 Å². The van der Waals surface area contributed by atoms with Crippen LogP contribution in [0.4, 0.5) is 0 Å². The lowest BCUT2D eigenvalue weighted by Gasteiger charge is -2.13. The van der Waals surface area contributed by atoms with E-state index in [1.165, 1.54) is 13.2 Å². The standard InChI is InChI=1S/C20H23ClN2O3/c1-13-5-6-18(21)17(9-13)14-10-15(12-16(11-14)20(25)26-4)19(24)22-7-8-23(2)3/h5-6,9-12H,7-8H2,1-4H3,(H,22,24). The molecule has 1 amide bonds. The summed E-state index contributed by atoms with van der Waals surface area (Å²) in [5.74, 6) is -0.749. The van der Waals surface area contributed by atoms with Gasteiger partial charge >= 0.3 is 5.97 Å². The van der Waals surface area contributed by atoms with Gasteiger partial charge in [0.1, 0.15) is 0 Å². The van der Waals surface area contributed by atoms with Crippen molar-refractivity contribution in [1.29, 1.82) is 0 Å². The predicted molar refractivity (Wildman–Crippen MR) is 104 cm³/mol. The van der Waals surface area contributed by atoms with Crippen molar-refractivity contribution in [3.05, 3.63) is 58.1 Å². The van der Waals surface area contributed by atoms with Crippen molar-refractivity contribution < 1.29 is 14.3 Å². The fraction of sp³-hybridized carbons (Fsp3) is 0.300. The number of likely N-dealkylation sites (N-methyl/N-ethyl adjacent to an activating group) is 1. The average Bonchev–Trinajstić information content (AvgIpc) is 2.62. The van der Waals surface area contributed by atoms with Gasteiger partial charge in [-0.15, -0.1) is 0 Å². The van der Waals surface area contributed by atoms with Gasteiger partial charge in [0.2, 0.25) is 0 Å². The number of rotatable bonds is 6. The second-order valence-corrected chi connectivity index (χ2v) is 6.74. The predicted octanol–water partition coefficient (Wildman–Crippen LogP) is 3.39. The highest BCUT2D eigenvalue weighted by Crippen LogP contribution is 2.30. The van der Waals surface area contributed by atoms with Crippen molar-refractivity contribution in [3.63, 3.8) is 0 Å². The summed E-state index contributed by atoms with van der Waals surface area (Å²) >= 11 is 6.32. The molecule has 0 aromatic heterocycles. The van der Waals surface area contributed by atoms with E-state index >= 15 is 0 Å². The minimum absolute atomic E-state index is 0.248. The third-order valence-corrected chi connectivity index (χ3v) is 4.22. The summed E-state index contributed by atoms with van der Waals surface area (Å²) in [6, 6.07) is 10.6. The molecule has 1 N–H and O–H groups in total. The van der Waals surface area contributed by atoms with Gasteiger partial charge in [0.25, 0.3) is 5.91 Å². The first kappa shape index (κ1) is 19.9. The Labute approximate surface area is 158 Å². The minimum Gasteiger partial charge on any atom is -0.465 e. The molecule has 0 fully saturated rings. The Balaban J connectivity index is 2.44. The molecule has 0 radical (unpaired) electrons. The van der Waals surface area contributed by atoms with Crippen LogP contribution in [-0.2, 0) is 4.74 Å². The molecule has 6 heteroatoms. The molecule has 0 bridgehead atoms.